The number of aryl methyl sites for hydroxylation is 1. The minimum absolute atomic E-state index is 0.242. The van der Waals surface area contributed by atoms with Crippen molar-refractivity contribution in [3.63, 3.8) is 0 Å². The molecule has 1 aromatic carbocycles. The predicted octanol–water partition coefficient (Wildman–Crippen LogP) is 2.80. The van der Waals surface area contributed by atoms with E-state index in [1.165, 1.54) is 6.20 Å². The van der Waals surface area contributed by atoms with Crippen LogP contribution in [0.3, 0.4) is 0 Å². The van der Waals surface area contributed by atoms with Crippen molar-refractivity contribution in [2.75, 3.05) is 4.72 Å². The fraction of sp³-hybridized carbons (Fsp3) is 0.0833. The summed E-state index contributed by atoms with van der Waals surface area (Å²) in [6.45, 7) is 1.88. The van der Waals surface area contributed by atoms with Crippen LogP contribution in [0.5, 0.6) is 0 Å². The van der Waals surface area contributed by atoms with Gasteiger partial charge in [0.2, 0.25) is 0 Å². The molecule has 6 heteroatoms. The average Bonchev–Trinajstić information content (AvgIpc) is 2.33. The quantitative estimate of drug-likeness (QED) is 0.841. The van der Waals surface area contributed by atoms with Gasteiger partial charge in [0.15, 0.2) is 0 Å². The zero-order valence-corrected chi connectivity index (χ0v) is 12.6. The number of sulfonamides is 1. The van der Waals surface area contributed by atoms with Crippen LogP contribution in [0.25, 0.3) is 0 Å². The highest BCUT2D eigenvalue weighted by Gasteiger charge is 2.15. The largest absolute Gasteiger partial charge is 0.263 e. The Hall–Kier alpha value is -1.15. The second kappa shape index (κ2) is 5.23. The summed E-state index contributed by atoms with van der Waals surface area (Å²) in [5.74, 6) is 0.314. The Labute approximate surface area is 120 Å². The first-order valence-electron chi connectivity index (χ1n) is 5.19. The lowest BCUT2D eigenvalue weighted by Gasteiger charge is -2.08. The molecule has 18 heavy (non-hydrogen) atoms. The Balaban J connectivity index is 2.34. The molecule has 2 aromatic rings. The third kappa shape index (κ3) is 2.99. The Morgan fingerprint density at radius 3 is 2.61 bits per heavy atom. The van der Waals surface area contributed by atoms with Gasteiger partial charge in [0, 0.05) is 9.77 Å². The van der Waals surface area contributed by atoms with Gasteiger partial charge in [-0.25, -0.2) is 13.4 Å². The molecule has 0 atom stereocenters. The molecule has 1 aromatic heterocycles. The van der Waals surface area contributed by atoms with E-state index in [0.29, 0.717) is 5.82 Å². The van der Waals surface area contributed by atoms with Crippen molar-refractivity contribution in [2.24, 2.45) is 0 Å². The van der Waals surface area contributed by atoms with Gasteiger partial charge >= 0.3 is 0 Å². The molecule has 0 aliphatic rings. The van der Waals surface area contributed by atoms with Crippen LogP contribution in [0.1, 0.15) is 5.56 Å². The van der Waals surface area contributed by atoms with E-state index in [0.717, 1.165) is 9.13 Å². The molecule has 94 valence electrons. The third-order valence-corrected chi connectivity index (χ3v) is 4.91. The van der Waals surface area contributed by atoms with E-state index in [-0.39, 0.29) is 4.90 Å². The molecule has 1 N–H and O–H groups in total. The monoisotopic (exact) mass is 374 g/mol. The number of aromatic nitrogens is 1. The Morgan fingerprint density at radius 2 is 2.00 bits per heavy atom. The number of pyridine rings is 1. The molecule has 4 nitrogen and oxygen atoms in total. The lowest BCUT2D eigenvalue weighted by atomic mass is 10.2. The maximum Gasteiger partial charge on any atom is 0.263 e. The van der Waals surface area contributed by atoms with Crippen LogP contribution in [0, 0.1) is 10.5 Å². The third-order valence-electron chi connectivity index (χ3n) is 2.34. The SMILES string of the molecule is Cc1cc(S(=O)(=O)Nc2ccccn2)ccc1I. The summed E-state index contributed by atoms with van der Waals surface area (Å²) >= 11 is 2.17. The average molecular weight is 374 g/mol. The van der Waals surface area contributed by atoms with Gasteiger partial charge in [0.1, 0.15) is 5.82 Å². The highest BCUT2D eigenvalue weighted by atomic mass is 127. The summed E-state index contributed by atoms with van der Waals surface area (Å²) < 4.78 is 27.7. The van der Waals surface area contributed by atoms with Crippen LogP contribution in [0.2, 0.25) is 0 Å². The number of rotatable bonds is 3. The molecule has 0 bridgehead atoms. The van der Waals surface area contributed by atoms with Crippen LogP contribution in [-0.2, 0) is 10.0 Å². The van der Waals surface area contributed by atoms with Crippen LogP contribution in [-0.4, -0.2) is 13.4 Å². The standard InChI is InChI=1S/C12H11IN2O2S/c1-9-8-10(5-6-11(9)13)18(16,17)15-12-4-2-3-7-14-12/h2-8H,1H3,(H,14,15). The summed E-state index contributed by atoms with van der Waals surface area (Å²) in [7, 11) is -3.57. The minimum Gasteiger partial charge on any atom is -0.263 e. The second-order valence-corrected chi connectivity index (χ2v) is 6.58. The van der Waals surface area contributed by atoms with Crippen molar-refractivity contribution < 1.29 is 8.42 Å². The van der Waals surface area contributed by atoms with Crippen LogP contribution < -0.4 is 4.72 Å². The van der Waals surface area contributed by atoms with Gasteiger partial charge in [-0.1, -0.05) is 6.07 Å². The van der Waals surface area contributed by atoms with Crippen molar-refractivity contribution in [3.8, 4) is 0 Å². The number of nitrogens with one attached hydrogen (secondary N) is 1. The zero-order chi connectivity index (χ0) is 13.2. The Kier molecular flexibility index (Phi) is 3.86. The van der Waals surface area contributed by atoms with Crippen molar-refractivity contribution in [3.05, 3.63) is 51.7 Å². The topological polar surface area (TPSA) is 59.1 Å². The molecule has 0 fully saturated rings. The molecular weight excluding hydrogens is 363 g/mol. The molecule has 0 aliphatic carbocycles. The molecule has 0 spiro atoms. The first-order chi connectivity index (χ1) is 8.49. The number of anilines is 1. The molecule has 0 radical (unpaired) electrons. The maximum absolute atomic E-state index is 12.1. The lowest BCUT2D eigenvalue weighted by molar-refractivity contribution is 0.601. The maximum atomic E-state index is 12.1. The van der Waals surface area contributed by atoms with Crippen molar-refractivity contribution in [1.29, 1.82) is 0 Å². The number of nitrogens with zero attached hydrogens (tertiary/aromatic N) is 1. The van der Waals surface area contributed by atoms with Crippen LogP contribution in [0.4, 0.5) is 5.82 Å². The van der Waals surface area contributed by atoms with E-state index in [4.69, 9.17) is 0 Å². The van der Waals surface area contributed by atoms with Gasteiger partial charge in [-0.05, 0) is 65.4 Å². The Morgan fingerprint density at radius 1 is 1.22 bits per heavy atom. The summed E-state index contributed by atoms with van der Waals surface area (Å²) in [5, 5.41) is 0. The Bertz CT molecular complexity index is 657. The lowest BCUT2D eigenvalue weighted by Crippen LogP contribution is -2.14. The summed E-state index contributed by atoms with van der Waals surface area (Å²) in [6.07, 6.45) is 1.54. The van der Waals surface area contributed by atoms with Crippen molar-refractivity contribution in [1.82, 2.24) is 4.98 Å². The molecular formula is C12H11IN2O2S. The van der Waals surface area contributed by atoms with Gasteiger partial charge < -0.3 is 0 Å². The van der Waals surface area contributed by atoms with E-state index in [1.54, 1.807) is 36.4 Å². The van der Waals surface area contributed by atoms with Crippen LogP contribution >= 0.6 is 22.6 Å². The molecule has 0 saturated heterocycles. The van der Waals surface area contributed by atoms with Gasteiger partial charge in [-0.15, -0.1) is 0 Å². The second-order valence-electron chi connectivity index (χ2n) is 3.73. The smallest absolute Gasteiger partial charge is 0.263 e. The highest BCUT2D eigenvalue weighted by molar-refractivity contribution is 14.1. The molecule has 2 rings (SSSR count). The van der Waals surface area contributed by atoms with Gasteiger partial charge in [0.05, 0.1) is 4.90 Å². The van der Waals surface area contributed by atoms with E-state index in [2.05, 4.69) is 32.3 Å². The van der Waals surface area contributed by atoms with Crippen LogP contribution in [0.15, 0.2) is 47.5 Å². The van der Waals surface area contributed by atoms with E-state index < -0.39 is 10.0 Å². The minimum atomic E-state index is -3.57. The normalized spacial score (nSPS) is 11.2. The predicted molar refractivity (Wildman–Crippen MR) is 78.9 cm³/mol. The fourth-order valence-corrected chi connectivity index (χ4v) is 2.83. The van der Waals surface area contributed by atoms with E-state index in [1.807, 2.05) is 6.92 Å². The van der Waals surface area contributed by atoms with Gasteiger partial charge in [-0.2, -0.15) is 0 Å². The first-order valence-corrected chi connectivity index (χ1v) is 7.75. The summed E-state index contributed by atoms with van der Waals surface area (Å²) in [5.41, 5.74) is 0.930. The molecule has 0 unspecified atom stereocenters. The van der Waals surface area contributed by atoms with E-state index in [9.17, 15) is 8.42 Å². The fourth-order valence-electron chi connectivity index (χ4n) is 1.40. The molecule has 0 aliphatic heterocycles. The number of halogens is 1. The zero-order valence-electron chi connectivity index (χ0n) is 9.59. The first kappa shape index (κ1) is 13.3. The number of hydrogen-bond acceptors (Lipinski definition) is 3. The molecule has 1 heterocycles. The molecule has 0 amide bonds. The number of benzene rings is 1. The van der Waals surface area contributed by atoms with Crippen molar-refractivity contribution >= 4 is 38.4 Å². The summed E-state index contributed by atoms with van der Waals surface area (Å²) in [6, 6.07) is 10.1. The summed E-state index contributed by atoms with van der Waals surface area (Å²) in [4.78, 5) is 4.18. The highest BCUT2D eigenvalue weighted by Crippen LogP contribution is 2.19. The van der Waals surface area contributed by atoms with E-state index >= 15 is 0 Å². The molecule has 0 saturated carbocycles. The van der Waals surface area contributed by atoms with Gasteiger partial charge in [0.25, 0.3) is 10.0 Å². The van der Waals surface area contributed by atoms with Gasteiger partial charge in [-0.3, -0.25) is 4.72 Å². The number of hydrogen-bond donors (Lipinski definition) is 1. The van der Waals surface area contributed by atoms with Crippen molar-refractivity contribution in [2.45, 2.75) is 11.8 Å².